The van der Waals surface area contributed by atoms with Crippen molar-refractivity contribution < 1.29 is 13.2 Å². The summed E-state index contributed by atoms with van der Waals surface area (Å²) >= 11 is 1.12. The van der Waals surface area contributed by atoms with E-state index < -0.39 is 10.0 Å². The van der Waals surface area contributed by atoms with Crippen LogP contribution in [0.25, 0.3) is 0 Å². The Morgan fingerprint density at radius 2 is 1.93 bits per heavy atom. The van der Waals surface area contributed by atoms with Gasteiger partial charge in [-0.05, 0) is 43.2 Å². The maximum atomic E-state index is 12.4. The molecule has 0 fully saturated rings. The van der Waals surface area contributed by atoms with Crippen molar-refractivity contribution in [1.29, 1.82) is 0 Å². The summed E-state index contributed by atoms with van der Waals surface area (Å²) in [6.45, 7) is 4.52. The molecule has 0 radical (unpaired) electrons. The first-order valence-electron chi connectivity index (χ1n) is 8.67. The van der Waals surface area contributed by atoms with E-state index in [4.69, 9.17) is 0 Å². The van der Waals surface area contributed by atoms with Gasteiger partial charge in [0.2, 0.25) is 5.91 Å². The minimum Gasteiger partial charge on any atom is -0.325 e. The second-order valence-corrected chi connectivity index (χ2v) is 8.47. The SMILES string of the molecule is CCc1cccc(NC(=O)CSC2=NS(=O)(=O)c3ccccc3N2CC)c1. The van der Waals surface area contributed by atoms with E-state index in [-0.39, 0.29) is 16.6 Å². The first kappa shape index (κ1) is 19.4. The molecule has 2 aromatic rings. The third kappa shape index (κ3) is 4.33. The van der Waals surface area contributed by atoms with E-state index in [0.717, 1.165) is 29.4 Å². The zero-order valence-corrected chi connectivity index (χ0v) is 16.8. The van der Waals surface area contributed by atoms with E-state index >= 15 is 0 Å². The van der Waals surface area contributed by atoms with Gasteiger partial charge in [0.05, 0.1) is 11.4 Å². The lowest BCUT2D eigenvalue weighted by atomic mass is 10.1. The molecule has 1 N–H and O–H groups in total. The Morgan fingerprint density at radius 1 is 1.15 bits per heavy atom. The Balaban J connectivity index is 1.73. The third-order valence-electron chi connectivity index (χ3n) is 4.13. The van der Waals surface area contributed by atoms with Crippen LogP contribution >= 0.6 is 11.8 Å². The van der Waals surface area contributed by atoms with Crippen molar-refractivity contribution in [1.82, 2.24) is 0 Å². The number of fused-ring (bicyclic) bond motifs is 1. The Morgan fingerprint density at radius 3 is 2.67 bits per heavy atom. The Bertz CT molecular complexity index is 987. The van der Waals surface area contributed by atoms with E-state index in [0.29, 0.717) is 17.4 Å². The zero-order chi connectivity index (χ0) is 19.4. The molecular weight excluding hydrogens is 382 g/mol. The highest BCUT2D eigenvalue weighted by molar-refractivity contribution is 8.15. The summed E-state index contributed by atoms with van der Waals surface area (Å²) in [5.74, 6) is -0.133. The van der Waals surface area contributed by atoms with Gasteiger partial charge in [-0.3, -0.25) is 4.79 Å². The zero-order valence-electron chi connectivity index (χ0n) is 15.2. The number of aryl methyl sites for hydroxylation is 1. The van der Waals surface area contributed by atoms with Gasteiger partial charge in [0.1, 0.15) is 4.90 Å². The first-order chi connectivity index (χ1) is 12.9. The topological polar surface area (TPSA) is 78.8 Å². The van der Waals surface area contributed by atoms with Gasteiger partial charge in [0.25, 0.3) is 10.0 Å². The predicted molar refractivity (Wildman–Crippen MR) is 111 cm³/mol. The number of sulfonamides is 1. The Kier molecular flexibility index (Phi) is 5.86. The van der Waals surface area contributed by atoms with Crippen molar-refractivity contribution in [2.75, 3.05) is 22.5 Å². The molecule has 2 aromatic carbocycles. The van der Waals surface area contributed by atoms with Crippen molar-refractivity contribution >= 4 is 44.2 Å². The molecule has 27 heavy (non-hydrogen) atoms. The van der Waals surface area contributed by atoms with Crippen LogP contribution in [-0.2, 0) is 21.2 Å². The normalized spacial score (nSPS) is 15.0. The number of thioether (sulfide) groups is 1. The minimum atomic E-state index is -3.76. The molecule has 0 spiro atoms. The average molecular weight is 404 g/mol. The van der Waals surface area contributed by atoms with Crippen molar-refractivity contribution in [2.24, 2.45) is 4.40 Å². The van der Waals surface area contributed by atoms with E-state index in [1.807, 2.05) is 36.1 Å². The molecule has 1 heterocycles. The Labute approximate surface area is 163 Å². The number of carbonyl (C=O) groups excluding carboxylic acids is 1. The number of nitrogens with zero attached hydrogens (tertiary/aromatic N) is 2. The van der Waals surface area contributed by atoms with Gasteiger partial charge in [-0.15, -0.1) is 4.40 Å². The molecule has 0 unspecified atom stereocenters. The summed E-state index contributed by atoms with van der Waals surface area (Å²) in [5.41, 5.74) is 2.46. The van der Waals surface area contributed by atoms with Crippen molar-refractivity contribution in [3.05, 3.63) is 54.1 Å². The summed E-state index contributed by atoms with van der Waals surface area (Å²) in [6.07, 6.45) is 0.887. The van der Waals surface area contributed by atoms with E-state index in [9.17, 15) is 13.2 Å². The minimum absolute atomic E-state index is 0.0728. The van der Waals surface area contributed by atoms with Crippen LogP contribution in [0.2, 0.25) is 0 Å². The summed E-state index contributed by atoms with van der Waals surface area (Å²) in [4.78, 5) is 14.3. The monoisotopic (exact) mass is 403 g/mol. The first-order valence-corrected chi connectivity index (χ1v) is 11.1. The van der Waals surface area contributed by atoms with Crippen molar-refractivity contribution in [3.63, 3.8) is 0 Å². The van der Waals surface area contributed by atoms with Crippen LogP contribution in [0.4, 0.5) is 11.4 Å². The fourth-order valence-electron chi connectivity index (χ4n) is 2.81. The number of benzene rings is 2. The molecule has 6 nitrogen and oxygen atoms in total. The smallest absolute Gasteiger partial charge is 0.286 e. The van der Waals surface area contributed by atoms with Crippen LogP contribution in [0.15, 0.2) is 57.8 Å². The second kappa shape index (κ2) is 8.14. The van der Waals surface area contributed by atoms with Gasteiger partial charge in [0, 0.05) is 12.2 Å². The molecular formula is C19H21N3O3S2. The maximum Gasteiger partial charge on any atom is 0.286 e. The molecule has 1 aliphatic rings. The molecule has 0 aliphatic carbocycles. The number of para-hydroxylation sites is 1. The number of hydrogen-bond acceptors (Lipinski definition) is 5. The highest BCUT2D eigenvalue weighted by Crippen LogP contribution is 2.33. The lowest BCUT2D eigenvalue weighted by Crippen LogP contribution is -2.34. The van der Waals surface area contributed by atoms with Gasteiger partial charge in [-0.1, -0.05) is 43.0 Å². The number of hydrogen-bond donors (Lipinski definition) is 1. The Hall–Kier alpha value is -2.32. The number of amidine groups is 1. The van der Waals surface area contributed by atoms with Crippen LogP contribution in [0.5, 0.6) is 0 Å². The van der Waals surface area contributed by atoms with Crippen molar-refractivity contribution in [3.8, 4) is 0 Å². The number of nitrogens with one attached hydrogen (secondary N) is 1. The molecule has 1 aliphatic heterocycles. The number of amides is 1. The van der Waals surface area contributed by atoms with Crippen LogP contribution < -0.4 is 10.2 Å². The highest BCUT2D eigenvalue weighted by Gasteiger charge is 2.30. The fraction of sp³-hybridized carbons (Fsp3) is 0.263. The van der Waals surface area contributed by atoms with E-state index in [1.54, 1.807) is 24.3 Å². The number of anilines is 2. The largest absolute Gasteiger partial charge is 0.325 e. The molecule has 3 rings (SSSR count). The summed E-state index contributed by atoms with van der Waals surface area (Å²) in [6, 6.07) is 14.4. The number of carbonyl (C=O) groups is 1. The molecule has 0 saturated carbocycles. The predicted octanol–water partition coefficient (Wildman–Crippen LogP) is 3.51. The molecule has 0 bridgehead atoms. The molecule has 142 valence electrons. The summed E-state index contributed by atoms with van der Waals surface area (Å²) in [5, 5.41) is 3.16. The molecule has 8 heteroatoms. The van der Waals surface area contributed by atoms with Gasteiger partial charge in [-0.25, -0.2) is 0 Å². The van der Waals surface area contributed by atoms with Crippen LogP contribution in [0, 0.1) is 0 Å². The van der Waals surface area contributed by atoms with Crippen LogP contribution in [-0.4, -0.2) is 31.8 Å². The third-order valence-corrected chi connectivity index (χ3v) is 6.54. The van der Waals surface area contributed by atoms with E-state index in [1.165, 1.54) is 0 Å². The number of rotatable bonds is 5. The highest BCUT2D eigenvalue weighted by atomic mass is 32.2. The lowest BCUT2D eigenvalue weighted by Gasteiger charge is -2.29. The van der Waals surface area contributed by atoms with Gasteiger partial charge >= 0.3 is 0 Å². The van der Waals surface area contributed by atoms with Crippen LogP contribution in [0.3, 0.4) is 0 Å². The van der Waals surface area contributed by atoms with Crippen molar-refractivity contribution in [2.45, 2.75) is 25.2 Å². The summed E-state index contributed by atoms with van der Waals surface area (Å²) in [7, 11) is -3.76. The van der Waals surface area contributed by atoms with Gasteiger partial charge in [-0.2, -0.15) is 8.42 Å². The average Bonchev–Trinajstić information content (AvgIpc) is 2.66. The van der Waals surface area contributed by atoms with Gasteiger partial charge in [0.15, 0.2) is 5.17 Å². The quantitative estimate of drug-likeness (QED) is 0.827. The maximum absolute atomic E-state index is 12.4. The van der Waals surface area contributed by atoms with Crippen LogP contribution in [0.1, 0.15) is 19.4 Å². The molecule has 0 saturated heterocycles. The molecule has 1 amide bonds. The van der Waals surface area contributed by atoms with E-state index in [2.05, 4.69) is 16.6 Å². The molecule has 0 atom stereocenters. The fourth-order valence-corrected chi connectivity index (χ4v) is 5.13. The molecule has 0 aromatic heterocycles. The second-order valence-electron chi connectivity index (χ2n) is 5.95. The lowest BCUT2D eigenvalue weighted by molar-refractivity contribution is -0.113. The summed E-state index contributed by atoms with van der Waals surface area (Å²) < 4.78 is 28.8. The van der Waals surface area contributed by atoms with Gasteiger partial charge < -0.3 is 10.2 Å². The standard InChI is InChI=1S/C19H21N3O3S2/c1-3-14-8-7-9-15(12-14)20-18(23)13-26-19-21-27(24,25)17-11-6-5-10-16(17)22(19)4-2/h5-12H,3-4,13H2,1-2H3,(H,20,23).